The average molecular weight is 474 g/mol. The van der Waals surface area contributed by atoms with Crippen molar-refractivity contribution >= 4 is 50.7 Å². The Labute approximate surface area is 200 Å². The molecule has 34 heavy (non-hydrogen) atoms. The second kappa shape index (κ2) is 9.84. The fourth-order valence-electron chi connectivity index (χ4n) is 3.44. The van der Waals surface area contributed by atoms with Gasteiger partial charge < -0.3 is 15.4 Å². The molecule has 7 nitrogen and oxygen atoms in total. The van der Waals surface area contributed by atoms with Crippen LogP contribution in [-0.4, -0.2) is 29.4 Å². The number of hydrogen-bond donors (Lipinski definition) is 2. The third-order valence-corrected chi connectivity index (χ3v) is 6.15. The van der Waals surface area contributed by atoms with E-state index in [1.807, 2.05) is 24.3 Å². The average Bonchev–Trinajstić information content (AvgIpc) is 3.22. The molecule has 1 aromatic heterocycles. The predicted molar refractivity (Wildman–Crippen MR) is 134 cm³/mol. The summed E-state index contributed by atoms with van der Waals surface area (Å²) in [7, 11) is 0. The number of carbonyl (C=O) groups is 3. The standard InChI is InChI=1S/C26H23N3O4S/c1-15-7-12-21-22(13-15)34-25(29-21)18-8-10-19(11-9-18)28-23(31)14-33-26(32)20-6-4-5-16(2)24(20)27-17(3)30/h4-13H,14H2,1-3H3,(H,27,30)(H,28,31). The number of aryl methyl sites for hydroxylation is 2. The molecular formula is C26H23N3O4S. The van der Waals surface area contributed by atoms with E-state index < -0.39 is 18.5 Å². The van der Waals surface area contributed by atoms with Gasteiger partial charge in [-0.05, 0) is 67.4 Å². The predicted octanol–water partition coefficient (Wildman–Crippen LogP) is 5.33. The second-order valence-electron chi connectivity index (χ2n) is 7.87. The molecule has 0 unspecified atom stereocenters. The number of para-hydroxylation sites is 1. The van der Waals surface area contributed by atoms with Gasteiger partial charge in [-0.15, -0.1) is 11.3 Å². The zero-order chi connectivity index (χ0) is 24.2. The number of rotatable bonds is 6. The fourth-order valence-corrected chi connectivity index (χ4v) is 4.51. The second-order valence-corrected chi connectivity index (χ2v) is 8.90. The molecule has 0 fully saturated rings. The fraction of sp³-hybridized carbons (Fsp3) is 0.154. The van der Waals surface area contributed by atoms with Crippen molar-refractivity contribution < 1.29 is 19.1 Å². The van der Waals surface area contributed by atoms with E-state index in [1.165, 1.54) is 12.5 Å². The summed E-state index contributed by atoms with van der Waals surface area (Å²) in [6.07, 6.45) is 0. The van der Waals surface area contributed by atoms with E-state index in [9.17, 15) is 14.4 Å². The van der Waals surface area contributed by atoms with Crippen LogP contribution in [0.4, 0.5) is 11.4 Å². The van der Waals surface area contributed by atoms with E-state index >= 15 is 0 Å². The highest BCUT2D eigenvalue weighted by Crippen LogP contribution is 2.31. The van der Waals surface area contributed by atoms with Gasteiger partial charge in [-0.25, -0.2) is 9.78 Å². The van der Waals surface area contributed by atoms with E-state index in [2.05, 4.69) is 28.6 Å². The summed E-state index contributed by atoms with van der Waals surface area (Å²) >= 11 is 1.62. The molecule has 0 bridgehead atoms. The minimum atomic E-state index is -0.691. The van der Waals surface area contributed by atoms with Crippen LogP contribution < -0.4 is 10.6 Å². The molecule has 0 aliphatic rings. The minimum absolute atomic E-state index is 0.193. The van der Waals surface area contributed by atoms with Crippen LogP contribution >= 0.6 is 11.3 Å². The number of amides is 2. The molecule has 3 aromatic carbocycles. The molecule has 0 spiro atoms. The Morgan fingerprint density at radius 1 is 0.971 bits per heavy atom. The highest BCUT2D eigenvalue weighted by atomic mass is 32.1. The molecule has 4 rings (SSSR count). The number of benzene rings is 3. The maximum Gasteiger partial charge on any atom is 0.340 e. The summed E-state index contributed by atoms with van der Waals surface area (Å²) < 4.78 is 6.29. The molecule has 0 aliphatic carbocycles. The van der Waals surface area contributed by atoms with Crippen LogP contribution in [0.2, 0.25) is 0 Å². The first-order valence-electron chi connectivity index (χ1n) is 10.6. The van der Waals surface area contributed by atoms with Gasteiger partial charge in [-0.2, -0.15) is 0 Å². The molecule has 8 heteroatoms. The van der Waals surface area contributed by atoms with Crippen LogP contribution in [0.5, 0.6) is 0 Å². The van der Waals surface area contributed by atoms with E-state index in [1.54, 1.807) is 48.6 Å². The Kier molecular flexibility index (Phi) is 6.70. The third-order valence-electron chi connectivity index (χ3n) is 5.09. The number of anilines is 2. The molecular weight excluding hydrogens is 450 g/mol. The number of nitrogens with zero attached hydrogens (tertiary/aromatic N) is 1. The van der Waals surface area contributed by atoms with Crippen molar-refractivity contribution in [2.45, 2.75) is 20.8 Å². The first kappa shape index (κ1) is 23.1. The van der Waals surface area contributed by atoms with Gasteiger partial charge >= 0.3 is 5.97 Å². The summed E-state index contributed by atoms with van der Waals surface area (Å²) in [5.74, 6) is -1.46. The van der Waals surface area contributed by atoms with Gasteiger partial charge in [0.15, 0.2) is 6.61 Å². The highest BCUT2D eigenvalue weighted by molar-refractivity contribution is 7.21. The lowest BCUT2D eigenvalue weighted by Gasteiger charge is -2.12. The van der Waals surface area contributed by atoms with Crippen molar-refractivity contribution in [2.75, 3.05) is 17.2 Å². The van der Waals surface area contributed by atoms with E-state index in [0.717, 1.165) is 26.4 Å². The smallest absolute Gasteiger partial charge is 0.340 e. The Balaban J connectivity index is 1.37. The number of fused-ring (bicyclic) bond motifs is 1. The number of aromatic nitrogens is 1. The summed E-state index contributed by atoms with van der Waals surface area (Å²) in [6.45, 7) is 4.73. The van der Waals surface area contributed by atoms with Gasteiger partial charge in [0.2, 0.25) is 5.91 Å². The van der Waals surface area contributed by atoms with Crippen molar-refractivity contribution in [2.24, 2.45) is 0 Å². The van der Waals surface area contributed by atoms with Gasteiger partial charge in [0.25, 0.3) is 5.91 Å². The molecule has 0 radical (unpaired) electrons. The van der Waals surface area contributed by atoms with E-state index in [-0.39, 0.29) is 11.5 Å². The first-order valence-corrected chi connectivity index (χ1v) is 11.4. The first-order chi connectivity index (χ1) is 16.3. The van der Waals surface area contributed by atoms with Gasteiger partial charge in [-0.3, -0.25) is 9.59 Å². The number of carbonyl (C=O) groups excluding carboxylic acids is 3. The Hall–Kier alpha value is -4.04. The number of esters is 1. The van der Waals surface area contributed by atoms with Crippen molar-refractivity contribution in [1.82, 2.24) is 4.98 Å². The van der Waals surface area contributed by atoms with Crippen LogP contribution in [-0.2, 0) is 14.3 Å². The van der Waals surface area contributed by atoms with Crippen LogP contribution in [0.3, 0.4) is 0 Å². The van der Waals surface area contributed by atoms with Crippen molar-refractivity contribution in [1.29, 1.82) is 0 Å². The van der Waals surface area contributed by atoms with Crippen LogP contribution in [0, 0.1) is 13.8 Å². The number of nitrogens with one attached hydrogen (secondary N) is 2. The maximum atomic E-state index is 12.5. The number of thiazole rings is 1. The van der Waals surface area contributed by atoms with Gasteiger partial charge in [0.1, 0.15) is 5.01 Å². The minimum Gasteiger partial charge on any atom is -0.452 e. The zero-order valence-corrected chi connectivity index (χ0v) is 19.8. The van der Waals surface area contributed by atoms with Gasteiger partial charge in [0, 0.05) is 18.2 Å². The summed E-state index contributed by atoms with van der Waals surface area (Å²) in [5.41, 5.74) is 4.97. The van der Waals surface area contributed by atoms with Crippen LogP contribution in [0.25, 0.3) is 20.8 Å². The summed E-state index contributed by atoms with van der Waals surface area (Å²) in [5, 5.41) is 6.26. The van der Waals surface area contributed by atoms with Gasteiger partial charge in [-0.1, -0.05) is 18.2 Å². The quantitative estimate of drug-likeness (QED) is 0.369. The zero-order valence-electron chi connectivity index (χ0n) is 19.0. The normalized spacial score (nSPS) is 10.7. The van der Waals surface area contributed by atoms with Crippen LogP contribution in [0.15, 0.2) is 60.7 Å². The molecule has 0 saturated heterocycles. The van der Waals surface area contributed by atoms with Gasteiger partial charge in [0.05, 0.1) is 21.5 Å². The summed E-state index contributed by atoms with van der Waals surface area (Å²) in [6, 6.07) is 18.5. The molecule has 0 saturated carbocycles. The van der Waals surface area contributed by atoms with Crippen molar-refractivity contribution in [3.8, 4) is 10.6 Å². The molecule has 4 aromatic rings. The SMILES string of the molecule is CC(=O)Nc1c(C)cccc1C(=O)OCC(=O)Nc1ccc(-c2nc3ccc(C)cc3s2)cc1. The highest BCUT2D eigenvalue weighted by Gasteiger charge is 2.17. The molecule has 2 N–H and O–H groups in total. The lowest BCUT2D eigenvalue weighted by atomic mass is 10.1. The van der Waals surface area contributed by atoms with Crippen molar-refractivity contribution in [3.63, 3.8) is 0 Å². The van der Waals surface area contributed by atoms with E-state index in [4.69, 9.17) is 4.74 Å². The summed E-state index contributed by atoms with van der Waals surface area (Å²) in [4.78, 5) is 40.9. The number of ether oxygens (including phenoxy) is 1. The third kappa shape index (κ3) is 5.29. The number of hydrogen-bond acceptors (Lipinski definition) is 6. The maximum absolute atomic E-state index is 12.5. The van der Waals surface area contributed by atoms with Crippen LogP contribution in [0.1, 0.15) is 28.4 Å². The monoisotopic (exact) mass is 473 g/mol. The largest absolute Gasteiger partial charge is 0.452 e. The Bertz CT molecular complexity index is 1390. The van der Waals surface area contributed by atoms with E-state index in [0.29, 0.717) is 11.4 Å². The Morgan fingerprint density at radius 3 is 2.47 bits per heavy atom. The lowest BCUT2D eigenvalue weighted by Crippen LogP contribution is -2.22. The topological polar surface area (TPSA) is 97.4 Å². The lowest BCUT2D eigenvalue weighted by molar-refractivity contribution is -0.119. The molecule has 0 atom stereocenters. The Morgan fingerprint density at radius 2 is 1.74 bits per heavy atom. The van der Waals surface area contributed by atoms with Crippen molar-refractivity contribution in [3.05, 3.63) is 77.4 Å². The molecule has 0 aliphatic heterocycles. The molecule has 172 valence electrons. The molecule has 1 heterocycles. The molecule has 2 amide bonds.